The van der Waals surface area contributed by atoms with Crippen LogP contribution in [0.4, 0.5) is 4.39 Å². The van der Waals surface area contributed by atoms with E-state index in [0.717, 1.165) is 5.92 Å². The number of benzene rings is 1. The van der Waals surface area contributed by atoms with Crippen molar-refractivity contribution in [3.05, 3.63) is 58.6 Å². The maximum atomic E-state index is 13.9. The first kappa shape index (κ1) is 13.7. The summed E-state index contributed by atoms with van der Waals surface area (Å²) in [7, 11) is 2.00. The summed E-state index contributed by atoms with van der Waals surface area (Å²) in [5, 5.41) is 3.55. The van der Waals surface area contributed by atoms with E-state index in [1.165, 1.54) is 18.4 Å². The summed E-state index contributed by atoms with van der Waals surface area (Å²) < 4.78 is 15.9. The van der Waals surface area contributed by atoms with Crippen molar-refractivity contribution in [2.75, 3.05) is 7.05 Å². The highest BCUT2D eigenvalue weighted by Gasteiger charge is 2.31. The second-order valence-corrected chi connectivity index (χ2v) is 5.84. The van der Waals surface area contributed by atoms with Gasteiger partial charge in [0.05, 0.1) is 5.02 Å². The molecule has 0 spiro atoms. The minimum atomic E-state index is -0.322. The lowest BCUT2D eigenvalue weighted by atomic mass is 10.1. The van der Waals surface area contributed by atoms with Crippen LogP contribution < -0.4 is 5.32 Å². The van der Waals surface area contributed by atoms with Crippen molar-refractivity contribution in [2.45, 2.75) is 25.4 Å². The first-order valence-electron chi connectivity index (χ1n) is 6.95. The summed E-state index contributed by atoms with van der Waals surface area (Å²) in [6, 6.07) is 7.66. The van der Waals surface area contributed by atoms with Crippen molar-refractivity contribution in [1.82, 2.24) is 9.88 Å². The van der Waals surface area contributed by atoms with Gasteiger partial charge in [0.15, 0.2) is 0 Å². The Morgan fingerprint density at radius 3 is 2.90 bits per heavy atom. The van der Waals surface area contributed by atoms with Crippen molar-refractivity contribution < 1.29 is 4.39 Å². The molecule has 0 amide bonds. The zero-order valence-corrected chi connectivity index (χ0v) is 12.2. The van der Waals surface area contributed by atoms with Gasteiger partial charge in [-0.15, -0.1) is 0 Å². The van der Waals surface area contributed by atoms with Crippen LogP contribution in [0, 0.1) is 11.7 Å². The molecule has 1 aromatic heterocycles. The van der Waals surface area contributed by atoms with Crippen LogP contribution >= 0.6 is 11.6 Å². The third kappa shape index (κ3) is 2.74. The second-order valence-electron chi connectivity index (χ2n) is 5.43. The Bertz CT molecular complexity index is 604. The minimum absolute atomic E-state index is 0.181. The van der Waals surface area contributed by atoms with E-state index < -0.39 is 0 Å². The summed E-state index contributed by atoms with van der Waals surface area (Å²) in [6.45, 7) is 0.507. The van der Waals surface area contributed by atoms with Gasteiger partial charge in [-0.05, 0) is 43.5 Å². The van der Waals surface area contributed by atoms with E-state index in [9.17, 15) is 4.39 Å². The highest BCUT2D eigenvalue weighted by Crippen LogP contribution is 2.40. The Morgan fingerprint density at radius 1 is 1.40 bits per heavy atom. The molecule has 1 N–H and O–H groups in total. The summed E-state index contributed by atoms with van der Waals surface area (Å²) in [5.41, 5.74) is 1.89. The molecule has 3 rings (SSSR count). The molecule has 1 saturated carbocycles. The monoisotopic (exact) mass is 292 g/mol. The van der Waals surface area contributed by atoms with Crippen LogP contribution in [0.3, 0.4) is 0 Å². The Kier molecular flexibility index (Phi) is 3.81. The Hall–Kier alpha value is -1.32. The topological polar surface area (TPSA) is 17.0 Å². The van der Waals surface area contributed by atoms with Gasteiger partial charge in [-0.2, -0.15) is 0 Å². The number of nitrogens with one attached hydrogen (secondary N) is 1. The largest absolute Gasteiger partial charge is 0.349 e. The molecule has 1 aliphatic rings. The van der Waals surface area contributed by atoms with Crippen LogP contribution in [0.5, 0.6) is 0 Å². The quantitative estimate of drug-likeness (QED) is 0.881. The van der Waals surface area contributed by atoms with E-state index in [2.05, 4.69) is 17.6 Å². The van der Waals surface area contributed by atoms with Crippen molar-refractivity contribution in [1.29, 1.82) is 0 Å². The van der Waals surface area contributed by atoms with E-state index in [4.69, 9.17) is 11.6 Å². The lowest BCUT2D eigenvalue weighted by Gasteiger charge is -2.13. The van der Waals surface area contributed by atoms with Gasteiger partial charge < -0.3 is 9.88 Å². The minimum Gasteiger partial charge on any atom is -0.349 e. The first-order valence-corrected chi connectivity index (χ1v) is 7.32. The highest BCUT2D eigenvalue weighted by atomic mass is 35.5. The number of halogens is 2. The molecule has 2 nitrogen and oxygen atoms in total. The van der Waals surface area contributed by atoms with Gasteiger partial charge in [-0.25, -0.2) is 4.39 Å². The average Bonchev–Trinajstić information content (AvgIpc) is 3.16. The smallest absolute Gasteiger partial charge is 0.146 e. The van der Waals surface area contributed by atoms with Gasteiger partial charge in [0.2, 0.25) is 0 Å². The van der Waals surface area contributed by atoms with Gasteiger partial charge in [-0.1, -0.05) is 23.7 Å². The Labute approximate surface area is 123 Å². The number of rotatable bonds is 5. The molecule has 0 saturated heterocycles. The van der Waals surface area contributed by atoms with Crippen LogP contribution in [-0.2, 0) is 6.54 Å². The molecule has 0 radical (unpaired) electrons. The zero-order valence-electron chi connectivity index (χ0n) is 11.4. The first-order chi connectivity index (χ1) is 9.69. The van der Waals surface area contributed by atoms with Crippen LogP contribution in [0.15, 0.2) is 36.7 Å². The van der Waals surface area contributed by atoms with E-state index in [1.807, 2.05) is 17.8 Å². The van der Waals surface area contributed by atoms with Crippen molar-refractivity contribution in [3.63, 3.8) is 0 Å². The molecular formula is C16H18ClFN2. The zero-order chi connectivity index (χ0) is 14.1. The van der Waals surface area contributed by atoms with Crippen molar-refractivity contribution in [3.8, 4) is 0 Å². The fourth-order valence-corrected chi connectivity index (χ4v) is 2.91. The summed E-state index contributed by atoms with van der Waals surface area (Å²) in [4.78, 5) is 0. The summed E-state index contributed by atoms with van der Waals surface area (Å²) in [6.07, 6.45) is 6.68. The van der Waals surface area contributed by atoms with Crippen molar-refractivity contribution in [2.24, 2.45) is 5.92 Å². The number of hydrogen-bond acceptors (Lipinski definition) is 1. The van der Waals surface area contributed by atoms with Crippen LogP contribution in [0.25, 0.3) is 0 Å². The molecule has 20 heavy (non-hydrogen) atoms. The average molecular weight is 293 g/mol. The van der Waals surface area contributed by atoms with Crippen molar-refractivity contribution >= 4 is 11.6 Å². The van der Waals surface area contributed by atoms with Crippen LogP contribution in [0.1, 0.15) is 30.0 Å². The molecule has 1 heterocycles. The molecule has 1 aromatic carbocycles. The molecule has 1 unspecified atom stereocenters. The van der Waals surface area contributed by atoms with E-state index in [1.54, 1.807) is 18.2 Å². The highest BCUT2D eigenvalue weighted by molar-refractivity contribution is 6.30. The second kappa shape index (κ2) is 5.58. The third-order valence-corrected chi connectivity index (χ3v) is 4.21. The Balaban J connectivity index is 1.78. The molecule has 1 fully saturated rings. The van der Waals surface area contributed by atoms with Crippen LogP contribution in [0.2, 0.25) is 5.02 Å². The summed E-state index contributed by atoms with van der Waals surface area (Å²) >= 11 is 5.81. The van der Waals surface area contributed by atoms with E-state index in [0.29, 0.717) is 18.2 Å². The maximum absolute atomic E-state index is 13.9. The van der Waals surface area contributed by atoms with Gasteiger partial charge in [0.1, 0.15) is 5.82 Å². The van der Waals surface area contributed by atoms with Gasteiger partial charge in [0, 0.05) is 30.5 Å². The molecule has 1 atom stereocenters. The standard InChI is InChI=1S/C16H18ClFN2/c1-19-16(11-5-6-11)13-7-8-20(10-13)9-12-3-2-4-14(17)15(12)18/h2-4,7-8,10-11,16,19H,5-6,9H2,1H3. The molecule has 1 aliphatic carbocycles. The van der Waals surface area contributed by atoms with Gasteiger partial charge in [-0.3, -0.25) is 0 Å². The SMILES string of the molecule is CNC(c1ccn(Cc2cccc(Cl)c2F)c1)C1CC1. The van der Waals surface area contributed by atoms with Gasteiger partial charge >= 0.3 is 0 Å². The normalized spacial score (nSPS) is 16.4. The predicted molar refractivity (Wildman–Crippen MR) is 79.5 cm³/mol. The molecule has 4 heteroatoms. The lowest BCUT2D eigenvalue weighted by Crippen LogP contribution is -2.17. The van der Waals surface area contributed by atoms with E-state index in [-0.39, 0.29) is 10.8 Å². The number of hydrogen-bond donors (Lipinski definition) is 1. The molecular weight excluding hydrogens is 275 g/mol. The number of aromatic nitrogens is 1. The van der Waals surface area contributed by atoms with Crippen LogP contribution in [-0.4, -0.2) is 11.6 Å². The molecule has 0 aliphatic heterocycles. The maximum Gasteiger partial charge on any atom is 0.146 e. The fraction of sp³-hybridized carbons (Fsp3) is 0.375. The number of nitrogens with zero attached hydrogens (tertiary/aromatic N) is 1. The lowest BCUT2D eigenvalue weighted by molar-refractivity contribution is 0.527. The summed E-state index contributed by atoms with van der Waals surface area (Å²) in [5.74, 6) is 0.426. The Morgan fingerprint density at radius 2 is 2.20 bits per heavy atom. The molecule has 106 valence electrons. The van der Waals surface area contributed by atoms with Gasteiger partial charge in [0.25, 0.3) is 0 Å². The third-order valence-electron chi connectivity index (χ3n) is 3.92. The fourth-order valence-electron chi connectivity index (χ4n) is 2.71. The molecule has 2 aromatic rings. The van der Waals surface area contributed by atoms with E-state index >= 15 is 0 Å². The predicted octanol–water partition coefficient (Wildman–Crippen LogP) is 4.00. The molecule has 0 bridgehead atoms.